The summed E-state index contributed by atoms with van der Waals surface area (Å²) in [4.78, 5) is 0.978. The average molecular weight is 320 g/mol. The van der Waals surface area contributed by atoms with Crippen molar-refractivity contribution in [1.29, 1.82) is 0 Å². The number of halogens is 1. The molecule has 3 rings (SSSR count). The quantitative estimate of drug-likeness (QED) is 0.588. The Hall–Kier alpha value is -1.86. The number of hydrogen-bond donors (Lipinski definition) is 1. The van der Waals surface area contributed by atoms with Gasteiger partial charge in [-0.25, -0.2) is 9.07 Å². The van der Waals surface area contributed by atoms with Gasteiger partial charge in [-0.15, -0.1) is 21.5 Å². The summed E-state index contributed by atoms with van der Waals surface area (Å²) in [7, 11) is 0. The zero-order valence-corrected chi connectivity index (χ0v) is 12.9. The lowest BCUT2D eigenvalue weighted by molar-refractivity contribution is 0.627. The van der Waals surface area contributed by atoms with Crippen molar-refractivity contribution in [3.05, 3.63) is 53.2 Å². The number of thioether (sulfide) groups is 1. The first kappa shape index (κ1) is 14.1. The molecule has 1 aromatic carbocycles. The minimum atomic E-state index is -0.238. The zero-order chi connectivity index (χ0) is 14.8. The Kier molecular flexibility index (Phi) is 3.94. The fourth-order valence-corrected chi connectivity index (χ4v) is 3.49. The van der Waals surface area contributed by atoms with E-state index in [-0.39, 0.29) is 11.1 Å². The molecule has 21 heavy (non-hydrogen) atoms. The van der Waals surface area contributed by atoms with E-state index in [2.05, 4.69) is 10.2 Å². The number of hydrogen-bond acceptors (Lipinski definition) is 5. The molecular formula is C14H13FN4S2. The van der Waals surface area contributed by atoms with Crippen molar-refractivity contribution in [2.24, 2.45) is 0 Å². The van der Waals surface area contributed by atoms with Gasteiger partial charge in [0.1, 0.15) is 5.82 Å². The molecular weight excluding hydrogens is 307 g/mol. The molecule has 0 amide bonds. The van der Waals surface area contributed by atoms with Gasteiger partial charge in [0, 0.05) is 5.25 Å². The molecule has 0 fully saturated rings. The van der Waals surface area contributed by atoms with Crippen LogP contribution in [0.3, 0.4) is 0 Å². The maximum absolute atomic E-state index is 12.9. The standard InChI is InChI=1S/C14H13FN4S2/c1-9(10-4-6-11(15)7-5-10)21-14-18-17-13(19(14)16)12-3-2-8-20-12/h2-9H,16H2,1H3/t9-/m0/s1. The van der Waals surface area contributed by atoms with Gasteiger partial charge in [0.25, 0.3) is 0 Å². The molecule has 2 aromatic heterocycles. The predicted octanol–water partition coefficient (Wildman–Crippen LogP) is 3.71. The van der Waals surface area contributed by atoms with Gasteiger partial charge in [-0.2, -0.15) is 0 Å². The SMILES string of the molecule is C[C@H](Sc1nnc(-c2cccs2)n1N)c1ccc(F)cc1. The van der Waals surface area contributed by atoms with Crippen LogP contribution in [0.5, 0.6) is 0 Å². The van der Waals surface area contributed by atoms with Gasteiger partial charge in [0.05, 0.1) is 4.88 Å². The summed E-state index contributed by atoms with van der Waals surface area (Å²) in [6, 6.07) is 10.3. The van der Waals surface area contributed by atoms with Crippen molar-refractivity contribution in [3.63, 3.8) is 0 Å². The van der Waals surface area contributed by atoms with Crippen LogP contribution in [0.15, 0.2) is 46.9 Å². The van der Waals surface area contributed by atoms with Crippen molar-refractivity contribution in [1.82, 2.24) is 14.9 Å². The highest BCUT2D eigenvalue weighted by atomic mass is 32.2. The van der Waals surface area contributed by atoms with Gasteiger partial charge in [-0.05, 0) is 36.1 Å². The summed E-state index contributed by atoms with van der Waals surface area (Å²) in [5, 5.41) is 11.0. The highest BCUT2D eigenvalue weighted by Crippen LogP contribution is 2.34. The topological polar surface area (TPSA) is 56.7 Å². The Labute approximate surface area is 129 Å². The molecule has 3 aromatic rings. The van der Waals surface area contributed by atoms with Crippen molar-refractivity contribution in [3.8, 4) is 10.7 Å². The third kappa shape index (κ3) is 2.93. The first-order valence-corrected chi connectivity index (χ1v) is 8.07. The summed E-state index contributed by atoms with van der Waals surface area (Å²) in [6.07, 6.45) is 0. The fourth-order valence-electron chi connectivity index (χ4n) is 1.89. The van der Waals surface area contributed by atoms with Crippen molar-refractivity contribution < 1.29 is 4.39 Å². The number of nitrogens with zero attached hydrogens (tertiary/aromatic N) is 3. The van der Waals surface area contributed by atoms with E-state index in [1.54, 1.807) is 23.5 Å². The molecule has 0 unspecified atom stereocenters. The van der Waals surface area contributed by atoms with Gasteiger partial charge in [0.15, 0.2) is 5.82 Å². The molecule has 2 heterocycles. The number of thiophene rings is 1. The predicted molar refractivity (Wildman–Crippen MR) is 84.2 cm³/mol. The Balaban J connectivity index is 1.81. The Morgan fingerprint density at radius 1 is 1.24 bits per heavy atom. The summed E-state index contributed by atoms with van der Waals surface area (Å²) in [6.45, 7) is 2.03. The first-order valence-electron chi connectivity index (χ1n) is 6.31. The molecule has 0 aliphatic heterocycles. The highest BCUT2D eigenvalue weighted by Gasteiger charge is 2.16. The van der Waals surface area contributed by atoms with Crippen LogP contribution in [0.25, 0.3) is 10.7 Å². The van der Waals surface area contributed by atoms with E-state index < -0.39 is 0 Å². The summed E-state index contributed by atoms with van der Waals surface area (Å²) >= 11 is 3.06. The highest BCUT2D eigenvalue weighted by molar-refractivity contribution is 7.99. The lowest BCUT2D eigenvalue weighted by Gasteiger charge is -2.10. The van der Waals surface area contributed by atoms with E-state index in [1.165, 1.54) is 28.6 Å². The van der Waals surface area contributed by atoms with Crippen LogP contribution >= 0.6 is 23.1 Å². The van der Waals surface area contributed by atoms with Gasteiger partial charge < -0.3 is 5.84 Å². The van der Waals surface area contributed by atoms with E-state index in [1.807, 2.05) is 24.4 Å². The van der Waals surface area contributed by atoms with Crippen LogP contribution in [0.4, 0.5) is 4.39 Å². The van der Waals surface area contributed by atoms with E-state index in [0.717, 1.165) is 10.4 Å². The second-order valence-corrected chi connectivity index (χ2v) is 6.72. The number of nitrogens with two attached hydrogens (primary N) is 1. The molecule has 0 radical (unpaired) electrons. The third-order valence-electron chi connectivity index (χ3n) is 3.03. The molecule has 7 heteroatoms. The van der Waals surface area contributed by atoms with Crippen LogP contribution in [-0.2, 0) is 0 Å². The van der Waals surface area contributed by atoms with Crippen molar-refractivity contribution in [2.45, 2.75) is 17.3 Å². The van der Waals surface area contributed by atoms with Crippen LogP contribution in [-0.4, -0.2) is 14.9 Å². The van der Waals surface area contributed by atoms with E-state index >= 15 is 0 Å². The normalized spacial score (nSPS) is 12.5. The Bertz CT molecular complexity index is 722. The van der Waals surface area contributed by atoms with Crippen molar-refractivity contribution >= 4 is 23.1 Å². The third-order valence-corrected chi connectivity index (χ3v) is 5.01. The van der Waals surface area contributed by atoms with E-state index in [9.17, 15) is 4.39 Å². The number of nitrogen functional groups attached to an aromatic ring is 1. The maximum Gasteiger partial charge on any atom is 0.210 e. The Morgan fingerprint density at radius 3 is 2.67 bits per heavy atom. The zero-order valence-electron chi connectivity index (χ0n) is 11.2. The molecule has 0 aliphatic carbocycles. The van der Waals surface area contributed by atoms with Gasteiger partial charge in [-0.3, -0.25) is 0 Å². The monoisotopic (exact) mass is 320 g/mol. The molecule has 0 bridgehead atoms. The Morgan fingerprint density at radius 2 is 2.00 bits per heavy atom. The molecule has 0 spiro atoms. The molecule has 0 saturated heterocycles. The van der Waals surface area contributed by atoms with E-state index in [0.29, 0.717) is 11.0 Å². The molecule has 0 saturated carbocycles. The summed E-state index contributed by atoms with van der Waals surface area (Å²) in [5.41, 5.74) is 1.02. The number of benzene rings is 1. The minimum Gasteiger partial charge on any atom is -0.335 e. The lowest BCUT2D eigenvalue weighted by Crippen LogP contribution is -2.11. The largest absolute Gasteiger partial charge is 0.335 e. The summed E-state index contributed by atoms with van der Waals surface area (Å²) in [5.74, 6) is 6.48. The average Bonchev–Trinajstić information content (AvgIpc) is 3.10. The molecule has 108 valence electrons. The van der Waals surface area contributed by atoms with Gasteiger partial charge in [-0.1, -0.05) is 30.0 Å². The van der Waals surface area contributed by atoms with Crippen LogP contribution in [0, 0.1) is 5.82 Å². The second kappa shape index (κ2) is 5.87. The fraction of sp³-hybridized carbons (Fsp3) is 0.143. The number of aromatic nitrogens is 3. The molecule has 2 N–H and O–H groups in total. The van der Waals surface area contributed by atoms with Gasteiger partial charge >= 0.3 is 0 Å². The molecule has 0 aliphatic rings. The molecule has 4 nitrogen and oxygen atoms in total. The van der Waals surface area contributed by atoms with Gasteiger partial charge in [0.2, 0.25) is 5.16 Å². The minimum absolute atomic E-state index is 0.105. The first-order chi connectivity index (χ1) is 10.1. The van der Waals surface area contributed by atoms with E-state index in [4.69, 9.17) is 5.84 Å². The van der Waals surface area contributed by atoms with Crippen molar-refractivity contribution in [2.75, 3.05) is 5.84 Å². The van der Waals surface area contributed by atoms with Crippen LogP contribution < -0.4 is 5.84 Å². The van der Waals surface area contributed by atoms with Crippen LogP contribution in [0.2, 0.25) is 0 Å². The number of rotatable bonds is 4. The smallest absolute Gasteiger partial charge is 0.210 e. The van der Waals surface area contributed by atoms with Crippen LogP contribution in [0.1, 0.15) is 17.7 Å². The maximum atomic E-state index is 12.9. The second-order valence-electron chi connectivity index (χ2n) is 4.47. The summed E-state index contributed by atoms with van der Waals surface area (Å²) < 4.78 is 14.4. The lowest BCUT2D eigenvalue weighted by atomic mass is 10.2. The molecule has 1 atom stereocenters.